The zero-order chi connectivity index (χ0) is 8.20. The Morgan fingerprint density at radius 1 is 1.30 bits per heavy atom. The topological polar surface area (TPSA) is 0 Å². The van der Waals surface area contributed by atoms with Gasteiger partial charge in [0.2, 0.25) is 0 Å². The molecule has 0 atom stereocenters. The molecule has 0 aromatic carbocycles. The zero-order valence-electron chi connectivity index (χ0n) is 7.99. The van der Waals surface area contributed by atoms with E-state index in [1.165, 1.54) is 12.3 Å². The van der Waals surface area contributed by atoms with Crippen LogP contribution < -0.4 is 0 Å². The Bertz CT molecular complexity index is 121. The van der Waals surface area contributed by atoms with Crippen LogP contribution in [0, 0.1) is 0 Å². The maximum absolute atomic E-state index is 2.47. The molecule has 0 amide bonds. The Balaban J connectivity index is 4.32. The molecular weight excluding hydrogens is 139 g/mol. The molecule has 0 bridgehead atoms. The number of rotatable bonds is 3. The quantitative estimate of drug-likeness (QED) is 0.555. The van der Waals surface area contributed by atoms with Crippen LogP contribution in [-0.4, -0.2) is 19.0 Å². The fourth-order valence-electron chi connectivity index (χ4n) is 1.16. The molecule has 0 fully saturated rings. The molecule has 0 heterocycles. The summed E-state index contributed by atoms with van der Waals surface area (Å²) < 4.78 is 0. The molecule has 0 N–H and O–H groups in total. The van der Waals surface area contributed by atoms with Crippen LogP contribution in [0.4, 0.5) is 0 Å². The van der Waals surface area contributed by atoms with E-state index in [-0.39, 0.29) is 0 Å². The Morgan fingerprint density at radius 3 is 1.80 bits per heavy atom. The third-order valence-electron chi connectivity index (χ3n) is 2.95. The van der Waals surface area contributed by atoms with Crippen molar-refractivity contribution in [2.24, 2.45) is 0 Å². The van der Waals surface area contributed by atoms with E-state index in [4.69, 9.17) is 0 Å². The SMILES string of the molecule is C/C=C(\C)[PH](C)(CC)CC. The number of hydrogen-bond acceptors (Lipinski definition) is 0. The minimum atomic E-state index is -0.940. The first kappa shape index (κ1) is 10.2. The van der Waals surface area contributed by atoms with Gasteiger partial charge in [-0.3, -0.25) is 0 Å². The normalized spacial score (nSPS) is 15.5. The predicted octanol–water partition coefficient (Wildman–Crippen LogP) is 3.33. The molecule has 0 aromatic rings. The van der Waals surface area contributed by atoms with Gasteiger partial charge >= 0.3 is 65.3 Å². The summed E-state index contributed by atoms with van der Waals surface area (Å²) in [5.74, 6) is 0. The van der Waals surface area contributed by atoms with Crippen LogP contribution in [-0.2, 0) is 0 Å². The van der Waals surface area contributed by atoms with Crippen molar-refractivity contribution in [2.45, 2.75) is 27.7 Å². The molecule has 0 saturated heterocycles. The second-order valence-corrected chi connectivity index (χ2v) is 8.56. The molecule has 0 aliphatic rings. The van der Waals surface area contributed by atoms with Crippen molar-refractivity contribution in [1.82, 2.24) is 0 Å². The second kappa shape index (κ2) is 4.13. The Morgan fingerprint density at radius 2 is 1.70 bits per heavy atom. The van der Waals surface area contributed by atoms with Crippen LogP contribution in [0.25, 0.3) is 0 Å². The van der Waals surface area contributed by atoms with Gasteiger partial charge in [-0.2, -0.15) is 0 Å². The Hall–Kier alpha value is 0.170. The molecule has 0 aromatic heterocycles. The van der Waals surface area contributed by atoms with Crippen molar-refractivity contribution < 1.29 is 0 Å². The van der Waals surface area contributed by atoms with Gasteiger partial charge in [0.1, 0.15) is 0 Å². The summed E-state index contributed by atoms with van der Waals surface area (Å²) in [6.07, 6.45) is 5.07. The van der Waals surface area contributed by atoms with E-state index in [2.05, 4.69) is 40.4 Å². The van der Waals surface area contributed by atoms with Crippen LogP contribution in [0.2, 0.25) is 0 Å². The summed E-state index contributed by atoms with van der Waals surface area (Å²) in [6, 6.07) is 0. The summed E-state index contributed by atoms with van der Waals surface area (Å²) in [7, 11) is -0.940. The Kier molecular flexibility index (Phi) is 4.20. The average molecular weight is 160 g/mol. The van der Waals surface area contributed by atoms with Gasteiger partial charge in [0.25, 0.3) is 0 Å². The summed E-state index contributed by atoms with van der Waals surface area (Å²) in [4.78, 5) is 0. The van der Waals surface area contributed by atoms with Crippen molar-refractivity contribution >= 4 is 7.26 Å². The van der Waals surface area contributed by atoms with Crippen LogP contribution >= 0.6 is 7.26 Å². The van der Waals surface area contributed by atoms with Crippen LogP contribution in [0.3, 0.4) is 0 Å². The van der Waals surface area contributed by atoms with Crippen molar-refractivity contribution in [3.63, 3.8) is 0 Å². The van der Waals surface area contributed by atoms with Gasteiger partial charge in [0.05, 0.1) is 0 Å². The summed E-state index contributed by atoms with van der Waals surface area (Å²) >= 11 is 0. The first-order chi connectivity index (χ1) is 4.60. The van der Waals surface area contributed by atoms with Crippen molar-refractivity contribution in [2.75, 3.05) is 19.0 Å². The molecule has 0 nitrogen and oxygen atoms in total. The van der Waals surface area contributed by atoms with Crippen molar-refractivity contribution in [1.29, 1.82) is 0 Å². The van der Waals surface area contributed by atoms with E-state index in [1.807, 2.05) is 0 Å². The molecule has 0 rings (SSSR count). The van der Waals surface area contributed by atoms with E-state index >= 15 is 0 Å². The third kappa shape index (κ3) is 2.09. The van der Waals surface area contributed by atoms with E-state index in [9.17, 15) is 0 Å². The second-order valence-electron chi connectivity index (χ2n) is 3.24. The standard InChI is InChI=1S/C9H21P/c1-6-9(4)10(5,7-2)8-3/h6,10H,7-8H2,1-5H3/b9-6+. The molecule has 62 valence electrons. The zero-order valence-corrected chi connectivity index (χ0v) is 8.99. The molecule has 0 aliphatic carbocycles. The first-order valence-electron chi connectivity index (χ1n) is 4.24. The fraction of sp³-hybridized carbons (Fsp3) is 0.778. The molecule has 0 unspecified atom stereocenters. The van der Waals surface area contributed by atoms with E-state index < -0.39 is 7.26 Å². The van der Waals surface area contributed by atoms with E-state index in [0.29, 0.717) is 0 Å². The molecule has 1 heteroatoms. The van der Waals surface area contributed by atoms with Crippen LogP contribution in [0.1, 0.15) is 27.7 Å². The molecule has 0 spiro atoms. The van der Waals surface area contributed by atoms with Gasteiger partial charge < -0.3 is 0 Å². The minimum absolute atomic E-state index is 0.940. The summed E-state index contributed by atoms with van der Waals surface area (Å²) in [6.45, 7) is 11.6. The molecule has 0 saturated carbocycles. The van der Waals surface area contributed by atoms with Gasteiger partial charge in [0.15, 0.2) is 0 Å². The summed E-state index contributed by atoms with van der Waals surface area (Å²) in [5.41, 5.74) is 0. The van der Waals surface area contributed by atoms with Gasteiger partial charge in [-0.05, 0) is 0 Å². The third-order valence-corrected chi connectivity index (χ3v) is 8.26. The molecule has 0 radical (unpaired) electrons. The van der Waals surface area contributed by atoms with Gasteiger partial charge in [-0.15, -0.1) is 0 Å². The molecule has 10 heavy (non-hydrogen) atoms. The van der Waals surface area contributed by atoms with Crippen molar-refractivity contribution in [3.05, 3.63) is 11.4 Å². The summed E-state index contributed by atoms with van der Waals surface area (Å²) in [5, 5.41) is 1.66. The van der Waals surface area contributed by atoms with Gasteiger partial charge in [-0.25, -0.2) is 0 Å². The van der Waals surface area contributed by atoms with Gasteiger partial charge in [-0.1, -0.05) is 0 Å². The number of hydrogen-bond donors (Lipinski definition) is 0. The Labute approximate surface area is 66.1 Å². The maximum atomic E-state index is 2.47. The van der Waals surface area contributed by atoms with Crippen LogP contribution in [0.5, 0.6) is 0 Å². The number of allylic oxidation sites excluding steroid dienone is 2. The van der Waals surface area contributed by atoms with E-state index in [0.717, 1.165) is 0 Å². The van der Waals surface area contributed by atoms with Gasteiger partial charge in [0, 0.05) is 0 Å². The van der Waals surface area contributed by atoms with Crippen LogP contribution in [0.15, 0.2) is 11.4 Å². The van der Waals surface area contributed by atoms with Crippen molar-refractivity contribution in [3.8, 4) is 0 Å². The van der Waals surface area contributed by atoms with E-state index in [1.54, 1.807) is 5.31 Å². The average Bonchev–Trinajstić information content (AvgIpc) is 2.01. The monoisotopic (exact) mass is 160 g/mol. The fourth-order valence-corrected chi connectivity index (χ4v) is 3.47. The first-order valence-corrected chi connectivity index (χ1v) is 7.15. The molecular formula is C9H21P. The predicted molar refractivity (Wildman–Crippen MR) is 54.8 cm³/mol. The molecule has 0 aliphatic heterocycles.